The van der Waals surface area contributed by atoms with Crippen LogP contribution in [0.15, 0.2) is 18.5 Å². The molecule has 1 N–H and O–H groups in total. The number of aromatic nitrogens is 1. The van der Waals surface area contributed by atoms with Gasteiger partial charge in [0.15, 0.2) is 0 Å². The third-order valence-corrected chi connectivity index (χ3v) is 2.10. The number of anilines is 2. The van der Waals surface area contributed by atoms with Gasteiger partial charge in [0.25, 0.3) is 0 Å². The van der Waals surface area contributed by atoms with Gasteiger partial charge in [0.2, 0.25) is 0 Å². The molecule has 0 amide bonds. The quantitative estimate of drug-likeness (QED) is 0.778. The van der Waals surface area contributed by atoms with Gasteiger partial charge in [0.05, 0.1) is 23.8 Å². The Morgan fingerprint density at radius 1 is 1.36 bits per heavy atom. The molecule has 0 saturated heterocycles. The molecular formula is C11H19N3. The summed E-state index contributed by atoms with van der Waals surface area (Å²) in [7, 11) is 2.09. The third-order valence-electron chi connectivity index (χ3n) is 2.10. The van der Waals surface area contributed by atoms with E-state index in [1.807, 2.05) is 12.4 Å². The van der Waals surface area contributed by atoms with Crippen molar-refractivity contribution < 1.29 is 0 Å². The minimum Gasteiger partial charge on any atom is -0.384 e. The highest BCUT2D eigenvalue weighted by Crippen LogP contribution is 2.16. The molecule has 78 valence electrons. The van der Waals surface area contributed by atoms with Crippen LogP contribution < -0.4 is 10.2 Å². The SMILES string of the molecule is CCCN(C)c1cncc(NCC)c1. The molecule has 0 fully saturated rings. The molecule has 0 aliphatic carbocycles. The van der Waals surface area contributed by atoms with E-state index in [4.69, 9.17) is 0 Å². The van der Waals surface area contributed by atoms with Crippen molar-refractivity contribution in [2.45, 2.75) is 20.3 Å². The summed E-state index contributed by atoms with van der Waals surface area (Å²) in [6.07, 6.45) is 4.91. The van der Waals surface area contributed by atoms with Crippen LogP contribution in [-0.2, 0) is 0 Å². The smallest absolute Gasteiger partial charge is 0.0570 e. The van der Waals surface area contributed by atoms with Gasteiger partial charge in [-0.3, -0.25) is 4.98 Å². The molecule has 1 aromatic heterocycles. The lowest BCUT2D eigenvalue weighted by atomic mass is 10.3. The summed E-state index contributed by atoms with van der Waals surface area (Å²) in [5.41, 5.74) is 2.26. The van der Waals surface area contributed by atoms with Crippen molar-refractivity contribution in [1.29, 1.82) is 0 Å². The van der Waals surface area contributed by atoms with Crippen LogP contribution in [0.5, 0.6) is 0 Å². The zero-order valence-corrected chi connectivity index (χ0v) is 9.25. The van der Waals surface area contributed by atoms with E-state index in [-0.39, 0.29) is 0 Å². The Morgan fingerprint density at radius 3 is 2.79 bits per heavy atom. The molecule has 0 bridgehead atoms. The molecule has 1 aromatic rings. The molecule has 0 aliphatic heterocycles. The summed E-state index contributed by atoms with van der Waals surface area (Å²) in [4.78, 5) is 6.42. The molecule has 0 unspecified atom stereocenters. The Bertz CT molecular complexity index is 273. The number of hydrogen-bond donors (Lipinski definition) is 1. The molecule has 0 aromatic carbocycles. The Balaban J connectivity index is 2.71. The van der Waals surface area contributed by atoms with Gasteiger partial charge in [-0.25, -0.2) is 0 Å². The van der Waals surface area contributed by atoms with Gasteiger partial charge in [-0.2, -0.15) is 0 Å². The van der Waals surface area contributed by atoms with E-state index in [2.05, 4.69) is 42.2 Å². The minimum atomic E-state index is 0.933. The Kier molecular flexibility index (Phi) is 4.23. The third kappa shape index (κ3) is 2.91. The minimum absolute atomic E-state index is 0.933. The number of nitrogens with zero attached hydrogens (tertiary/aromatic N) is 2. The lowest BCUT2D eigenvalue weighted by Gasteiger charge is -2.18. The van der Waals surface area contributed by atoms with Gasteiger partial charge >= 0.3 is 0 Å². The standard InChI is InChI=1S/C11H19N3/c1-4-6-14(3)11-7-10(13-5-2)8-12-9-11/h7-9,13H,4-6H2,1-3H3. The first kappa shape index (κ1) is 10.8. The average molecular weight is 193 g/mol. The highest BCUT2D eigenvalue weighted by molar-refractivity contribution is 5.55. The lowest BCUT2D eigenvalue weighted by molar-refractivity contribution is 0.850. The van der Waals surface area contributed by atoms with Gasteiger partial charge in [-0.1, -0.05) is 6.92 Å². The molecule has 0 atom stereocenters. The Morgan fingerprint density at radius 2 is 2.14 bits per heavy atom. The second-order valence-electron chi connectivity index (χ2n) is 3.38. The van der Waals surface area contributed by atoms with E-state index < -0.39 is 0 Å². The highest BCUT2D eigenvalue weighted by atomic mass is 15.1. The second kappa shape index (κ2) is 5.47. The predicted octanol–water partition coefficient (Wildman–Crippen LogP) is 2.36. The maximum absolute atomic E-state index is 4.20. The fourth-order valence-corrected chi connectivity index (χ4v) is 1.40. The number of pyridine rings is 1. The monoisotopic (exact) mass is 193 g/mol. The van der Waals surface area contributed by atoms with Crippen LogP contribution in [0, 0.1) is 0 Å². The highest BCUT2D eigenvalue weighted by Gasteiger charge is 2.00. The van der Waals surface area contributed by atoms with Gasteiger partial charge in [0, 0.05) is 20.1 Å². The molecule has 0 saturated carbocycles. The fraction of sp³-hybridized carbons (Fsp3) is 0.545. The van der Waals surface area contributed by atoms with Crippen LogP contribution in [-0.4, -0.2) is 25.1 Å². The predicted molar refractivity (Wildman–Crippen MR) is 62.0 cm³/mol. The van der Waals surface area contributed by atoms with Crippen molar-refractivity contribution >= 4 is 11.4 Å². The van der Waals surface area contributed by atoms with Crippen LogP contribution in [0.25, 0.3) is 0 Å². The summed E-state index contributed by atoms with van der Waals surface area (Å²) in [5, 5.41) is 3.26. The molecule has 14 heavy (non-hydrogen) atoms. The number of rotatable bonds is 5. The summed E-state index contributed by atoms with van der Waals surface area (Å²) < 4.78 is 0. The molecule has 3 nitrogen and oxygen atoms in total. The molecule has 0 aliphatic rings. The summed E-state index contributed by atoms with van der Waals surface area (Å²) in [5.74, 6) is 0. The van der Waals surface area contributed by atoms with Crippen molar-refractivity contribution in [3.63, 3.8) is 0 Å². The van der Waals surface area contributed by atoms with Crippen molar-refractivity contribution in [2.24, 2.45) is 0 Å². The zero-order chi connectivity index (χ0) is 10.4. The van der Waals surface area contributed by atoms with E-state index in [1.165, 1.54) is 5.69 Å². The Hall–Kier alpha value is -1.25. The van der Waals surface area contributed by atoms with E-state index in [1.54, 1.807) is 0 Å². The van der Waals surface area contributed by atoms with Crippen LogP contribution in [0.2, 0.25) is 0 Å². The average Bonchev–Trinajstić information content (AvgIpc) is 2.19. The second-order valence-corrected chi connectivity index (χ2v) is 3.38. The topological polar surface area (TPSA) is 28.2 Å². The molecule has 0 radical (unpaired) electrons. The van der Waals surface area contributed by atoms with Crippen LogP contribution in [0.4, 0.5) is 11.4 Å². The first-order valence-electron chi connectivity index (χ1n) is 5.18. The van der Waals surface area contributed by atoms with Gasteiger partial charge in [-0.05, 0) is 19.4 Å². The van der Waals surface area contributed by atoms with E-state index in [0.717, 1.165) is 25.2 Å². The van der Waals surface area contributed by atoms with Gasteiger partial charge < -0.3 is 10.2 Å². The summed E-state index contributed by atoms with van der Waals surface area (Å²) in [6, 6.07) is 2.13. The van der Waals surface area contributed by atoms with Crippen molar-refractivity contribution in [2.75, 3.05) is 30.4 Å². The molecule has 1 heterocycles. The number of hydrogen-bond acceptors (Lipinski definition) is 3. The van der Waals surface area contributed by atoms with Crippen molar-refractivity contribution in [3.8, 4) is 0 Å². The molecular weight excluding hydrogens is 174 g/mol. The Labute approximate surface area is 86.2 Å². The largest absolute Gasteiger partial charge is 0.384 e. The van der Waals surface area contributed by atoms with Crippen molar-refractivity contribution in [3.05, 3.63) is 18.5 Å². The van der Waals surface area contributed by atoms with E-state index >= 15 is 0 Å². The first-order chi connectivity index (χ1) is 6.77. The summed E-state index contributed by atoms with van der Waals surface area (Å²) in [6.45, 7) is 6.26. The number of nitrogens with one attached hydrogen (secondary N) is 1. The van der Waals surface area contributed by atoms with Crippen LogP contribution in [0.1, 0.15) is 20.3 Å². The van der Waals surface area contributed by atoms with Gasteiger partial charge in [-0.15, -0.1) is 0 Å². The summed E-state index contributed by atoms with van der Waals surface area (Å²) >= 11 is 0. The fourth-order valence-electron chi connectivity index (χ4n) is 1.40. The molecule has 3 heteroatoms. The van der Waals surface area contributed by atoms with E-state index in [9.17, 15) is 0 Å². The van der Waals surface area contributed by atoms with E-state index in [0.29, 0.717) is 0 Å². The normalized spacial score (nSPS) is 9.93. The van der Waals surface area contributed by atoms with Crippen LogP contribution in [0.3, 0.4) is 0 Å². The van der Waals surface area contributed by atoms with Crippen LogP contribution >= 0.6 is 0 Å². The molecule has 1 rings (SSSR count). The lowest BCUT2D eigenvalue weighted by Crippen LogP contribution is -2.18. The van der Waals surface area contributed by atoms with Crippen molar-refractivity contribution in [1.82, 2.24) is 4.98 Å². The maximum Gasteiger partial charge on any atom is 0.0570 e. The maximum atomic E-state index is 4.20. The first-order valence-corrected chi connectivity index (χ1v) is 5.18. The molecule has 0 spiro atoms. The van der Waals surface area contributed by atoms with Gasteiger partial charge in [0.1, 0.15) is 0 Å². The zero-order valence-electron chi connectivity index (χ0n) is 9.25.